The molecule has 0 bridgehead atoms. The van der Waals surface area contributed by atoms with Gasteiger partial charge < -0.3 is 35.6 Å². The van der Waals surface area contributed by atoms with Crippen LogP contribution in [0.2, 0.25) is 0 Å². The quantitative estimate of drug-likeness (QED) is 0.149. The number of sulfonamides is 1. The summed E-state index contributed by atoms with van der Waals surface area (Å²) < 4.78 is 29.0. The Balaban J connectivity index is 1.20. The maximum absolute atomic E-state index is 12.5. The molecule has 3 heterocycles. The van der Waals surface area contributed by atoms with Gasteiger partial charge in [0.25, 0.3) is 0 Å². The molecule has 0 amide bonds. The fraction of sp³-hybridized carbons (Fsp3) is 0.167. The molecular formula is C30H27N5O7S2. The highest BCUT2D eigenvalue weighted by atomic mass is 32.2. The fourth-order valence-corrected chi connectivity index (χ4v) is 6.30. The number of pyridine rings is 1. The number of benzene rings is 3. The second kappa shape index (κ2) is 11.3. The van der Waals surface area contributed by atoms with Crippen LogP contribution in [0.3, 0.4) is 0 Å². The van der Waals surface area contributed by atoms with Crippen LogP contribution >= 0.6 is 12.2 Å². The first-order chi connectivity index (χ1) is 21.0. The summed E-state index contributed by atoms with van der Waals surface area (Å²) in [6, 6.07) is 17.3. The lowest BCUT2D eigenvalue weighted by atomic mass is 9.80. The van der Waals surface area contributed by atoms with Gasteiger partial charge in [-0.15, -0.1) is 0 Å². The van der Waals surface area contributed by atoms with Gasteiger partial charge in [-0.3, -0.25) is 0 Å². The number of carboxylic acids is 1. The first-order valence-corrected chi connectivity index (χ1v) is 15.4. The fourth-order valence-electron chi connectivity index (χ4n) is 5.56. The lowest BCUT2D eigenvalue weighted by Crippen LogP contribution is -2.39. The van der Waals surface area contributed by atoms with Gasteiger partial charge >= 0.3 is 5.97 Å². The topological polar surface area (TPSA) is 187 Å². The Morgan fingerprint density at radius 2 is 1.64 bits per heavy atom. The Bertz CT molecular complexity index is 1850. The minimum Gasteiger partial charge on any atom is -0.508 e. The molecule has 1 fully saturated rings. The van der Waals surface area contributed by atoms with E-state index in [1.807, 2.05) is 4.90 Å². The van der Waals surface area contributed by atoms with Gasteiger partial charge in [-0.1, -0.05) is 18.2 Å². The van der Waals surface area contributed by atoms with E-state index < -0.39 is 21.9 Å². The second-order valence-corrected chi connectivity index (χ2v) is 12.5. The molecule has 0 unspecified atom stereocenters. The number of fused-ring (bicyclic) bond motifs is 2. The van der Waals surface area contributed by atoms with Crippen LogP contribution in [0.25, 0.3) is 0 Å². The van der Waals surface area contributed by atoms with Crippen molar-refractivity contribution in [2.45, 2.75) is 23.3 Å². The molecule has 0 saturated carbocycles. The van der Waals surface area contributed by atoms with Crippen LogP contribution in [0.5, 0.6) is 23.0 Å². The highest BCUT2D eigenvalue weighted by Crippen LogP contribution is 2.49. The Morgan fingerprint density at radius 3 is 2.23 bits per heavy atom. The Kier molecular flexibility index (Phi) is 7.49. The third-order valence-corrected chi connectivity index (χ3v) is 8.70. The number of carboxylic acid groups (broad SMARTS) is 1. The van der Waals surface area contributed by atoms with Crippen LogP contribution in [0.15, 0.2) is 77.8 Å². The van der Waals surface area contributed by atoms with Crippen molar-refractivity contribution < 1.29 is 33.3 Å². The average molecular weight is 634 g/mol. The number of hydrogen-bond donors (Lipinski definition) is 6. The Hall–Kier alpha value is -4.92. The van der Waals surface area contributed by atoms with E-state index in [2.05, 4.69) is 15.6 Å². The number of aromatic nitrogens is 1. The highest BCUT2D eigenvalue weighted by Gasteiger charge is 2.32. The van der Waals surface area contributed by atoms with Gasteiger partial charge in [0.05, 0.1) is 5.56 Å². The molecule has 14 heteroatoms. The molecule has 2 aliphatic heterocycles. The highest BCUT2D eigenvalue weighted by molar-refractivity contribution is 7.89. The molecular weight excluding hydrogens is 606 g/mol. The molecule has 0 spiro atoms. The van der Waals surface area contributed by atoms with Crippen molar-refractivity contribution in [3.05, 3.63) is 95.2 Å². The lowest BCUT2D eigenvalue weighted by molar-refractivity contribution is 0.0695. The minimum absolute atomic E-state index is 0.00766. The van der Waals surface area contributed by atoms with Crippen LogP contribution in [-0.4, -0.2) is 58.9 Å². The normalized spacial score (nSPS) is 16.0. The summed E-state index contributed by atoms with van der Waals surface area (Å²) in [4.78, 5) is 18.7. The zero-order valence-electron chi connectivity index (χ0n) is 23.0. The van der Waals surface area contributed by atoms with E-state index in [9.17, 15) is 28.5 Å². The van der Waals surface area contributed by atoms with Crippen molar-refractivity contribution >= 4 is 44.8 Å². The molecule has 2 aliphatic rings. The molecule has 6 rings (SSSR count). The van der Waals surface area contributed by atoms with Crippen molar-refractivity contribution in [1.82, 2.24) is 10.3 Å². The first-order valence-electron chi connectivity index (χ1n) is 13.5. The number of rotatable bonds is 6. The first kappa shape index (κ1) is 29.2. The van der Waals surface area contributed by atoms with Gasteiger partial charge in [-0.05, 0) is 60.6 Å². The van der Waals surface area contributed by atoms with Gasteiger partial charge in [0.1, 0.15) is 33.7 Å². The largest absolute Gasteiger partial charge is 0.508 e. The summed E-state index contributed by atoms with van der Waals surface area (Å²) >= 11 is 5.53. The minimum atomic E-state index is -3.83. The Labute approximate surface area is 257 Å². The van der Waals surface area contributed by atoms with Crippen molar-refractivity contribution in [2.75, 3.05) is 23.3 Å². The van der Waals surface area contributed by atoms with Gasteiger partial charge in [-0.2, -0.15) is 0 Å². The van der Waals surface area contributed by atoms with E-state index in [4.69, 9.17) is 22.1 Å². The van der Waals surface area contributed by atoms with Crippen LogP contribution < -0.4 is 25.4 Å². The zero-order chi connectivity index (χ0) is 31.2. The van der Waals surface area contributed by atoms with E-state index in [0.717, 1.165) is 6.42 Å². The van der Waals surface area contributed by atoms with E-state index >= 15 is 0 Å². The van der Waals surface area contributed by atoms with E-state index in [1.165, 1.54) is 42.6 Å². The number of carbonyl (C=O) groups is 1. The number of phenols is 2. The SMILES string of the molecule is NS(=O)(=O)c1ccc(N2CC[C@H](NC(=S)Nc3ccc(C4c5ccc(O)cc5Oc5cc(O)ccc54)c(C(=O)O)c3)C2)nc1. The second-order valence-electron chi connectivity index (χ2n) is 10.5. The van der Waals surface area contributed by atoms with Gasteiger partial charge in [0.15, 0.2) is 5.11 Å². The number of hydrogen-bond acceptors (Lipinski definition) is 9. The smallest absolute Gasteiger partial charge is 0.336 e. The molecule has 12 nitrogen and oxygen atoms in total. The molecule has 0 radical (unpaired) electrons. The molecule has 44 heavy (non-hydrogen) atoms. The number of nitrogens with zero attached hydrogens (tertiary/aromatic N) is 2. The maximum atomic E-state index is 12.5. The number of phenolic OH excluding ortho intramolecular Hbond substituents is 2. The van der Waals surface area contributed by atoms with E-state index in [1.54, 1.807) is 30.3 Å². The summed E-state index contributed by atoms with van der Waals surface area (Å²) in [5.41, 5.74) is 2.35. The molecule has 1 aromatic heterocycles. The average Bonchev–Trinajstić information content (AvgIpc) is 3.43. The van der Waals surface area contributed by atoms with Gasteiger partial charge in [0, 0.05) is 60.2 Å². The number of thiocarbonyl (C=S) groups is 1. The monoisotopic (exact) mass is 633 g/mol. The number of ether oxygens (including phenoxy) is 1. The predicted molar refractivity (Wildman–Crippen MR) is 166 cm³/mol. The number of primary sulfonamides is 1. The number of nitrogens with one attached hydrogen (secondary N) is 2. The molecule has 4 aromatic rings. The maximum Gasteiger partial charge on any atom is 0.336 e. The molecule has 7 N–H and O–H groups in total. The molecule has 3 aromatic carbocycles. The third kappa shape index (κ3) is 5.82. The third-order valence-electron chi connectivity index (χ3n) is 7.59. The van der Waals surface area contributed by atoms with E-state index in [-0.39, 0.29) is 28.0 Å². The predicted octanol–water partition coefficient (Wildman–Crippen LogP) is 3.69. The van der Waals surface area contributed by atoms with Crippen molar-refractivity contribution in [1.29, 1.82) is 0 Å². The summed E-state index contributed by atoms with van der Waals surface area (Å²) in [7, 11) is -3.83. The van der Waals surface area contributed by atoms with Crippen LogP contribution in [0, 0.1) is 0 Å². The number of anilines is 2. The number of aromatic carboxylic acids is 1. The molecule has 1 atom stereocenters. The molecule has 226 valence electrons. The standard InChI is InChI=1S/C30H27N5O7S2/c31-44(40,41)20-4-8-27(32-14-20)35-10-9-17(15-35)34-30(43)33-16-1-5-21(24(11-16)29(38)39)28-22-6-2-18(36)12-25(22)42-26-13-19(37)3-7-23(26)28/h1-8,11-14,17,28,36-37H,9-10,15H2,(H,38,39)(H2,31,40,41)(H2,33,34,43)/t17-/m0/s1. The van der Waals surface area contributed by atoms with Crippen molar-refractivity contribution in [3.8, 4) is 23.0 Å². The van der Waals surface area contributed by atoms with Crippen LogP contribution in [0.4, 0.5) is 11.5 Å². The molecule has 1 saturated heterocycles. The van der Waals surface area contributed by atoms with Gasteiger partial charge in [0.2, 0.25) is 10.0 Å². The van der Waals surface area contributed by atoms with Gasteiger partial charge in [-0.25, -0.2) is 23.3 Å². The summed E-state index contributed by atoms with van der Waals surface area (Å²) in [5.74, 6) is -0.363. The molecule has 0 aliphatic carbocycles. The summed E-state index contributed by atoms with van der Waals surface area (Å²) in [5, 5.41) is 42.1. The number of nitrogens with two attached hydrogens (primary N) is 1. The summed E-state index contributed by atoms with van der Waals surface area (Å²) in [6.45, 7) is 1.24. The zero-order valence-corrected chi connectivity index (χ0v) is 24.6. The van der Waals surface area contributed by atoms with Crippen molar-refractivity contribution in [2.24, 2.45) is 5.14 Å². The summed E-state index contributed by atoms with van der Waals surface area (Å²) in [6.07, 6.45) is 1.97. The number of aromatic hydroxyl groups is 2. The van der Waals surface area contributed by atoms with Crippen LogP contribution in [-0.2, 0) is 10.0 Å². The Morgan fingerprint density at radius 1 is 0.977 bits per heavy atom. The van der Waals surface area contributed by atoms with E-state index in [0.29, 0.717) is 57.9 Å². The lowest BCUT2D eigenvalue weighted by Gasteiger charge is -2.30. The van der Waals surface area contributed by atoms with Crippen LogP contribution in [0.1, 0.15) is 39.4 Å². The van der Waals surface area contributed by atoms with Crippen molar-refractivity contribution in [3.63, 3.8) is 0 Å².